The van der Waals surface area contributed by atoms with E-state index in [0.29, 0.717) is 0 Å². The third-order valence-corrected chi connectivity index (χ3v) is 5.45. The van der Waals surface area contributed by atoms with Crippen molar-refractivity contribution < 1.29 is 18.3 Å². The van der Waals surface area contributed by atoms with Gasteiger partial charge in [0, 0.05) is 22.7 Å². The van der Waals surface area contributed by atoms with Crippen molar-refractivity contribution in [2.45, 2.75) is 6.04 Å². The number of fused-ring (bicyclic) bond motifs is 1. The number of halogens is 2. The van der Waals surface area contributed by atoms with Crippen molar-refractivity contribution in [2.24, 2.45) is 0 Å². The summed E-state index contributed by atoms with van der Waals surface area (Å²) in [6, 6.07) is 17.5. The highest BCUT2D eigenvalue weighted by Gasteiger charge is 2.25. The van der Waals surface area contributed by atoms with Crippen LogP contribution in [0.25, 0.3) is 16.6 Å². The zero-order valence-corrected chi connectivity index (χ0v) is 18.1. The van der Waals surface area contributed by atoms with Crippen molar-refractivity contribution in [3.05, 3.63) is 124 Å². The summed E-state index contributed by atoms with van der Waals surface area (Å²) in [5.41, 5.74) is 0.694. The number of rotatable bonds is 5. The van der Waals surface area contributed by atoms with Gasteiger partial charge in [-0.15, -0.1) is 0 Å². The Balaban J connectivity index is 1.47. The molecule has 0 radical (unpaired) electrons. The Morgan fingerprint density at radius 2 is 1.77 bits per heavy atom. The van der Waals surface area contributed by atoms with Gasteiger partial charge in [0.25, 0.3) is 0 Å². The molecule has 0 spiro atoms. The van der Waals surface area contributed by atoms with Crippen molar-refractivity contribution in [2.75, 3.05) is 0 Å². The third-order valence-electron chi connectivity index (χ3n) is 5.45. The van der Waals surface area contributed by atoms with E-state index in [2.05, 4.69) is 15.4 Å². The van der Waals surface area contributed by atoms with E-state index < -0.39 is 29.2 Å². The van der Waals surface area contributed by atoms with Gasteiger partial charge in [0.1, 0.15) is 11.6 Å². The Morgan fingerprint density at radius 3 is 2.57 bits per heavy atom. The van der Waals surface area contributed by atoms with Crippen LogP contribution in [0.15, 0.2) is 96.2 Å². The number of nitrogens with one attached hydrogen (secondary N) is 2. The lowest BCUT2D eigenvalue weighted by atomic mass is 9.98. The molecular weight excluding hydrogens is 454 g/mol. The maximum absolute atomic E-state index is 14.7. The number of ether oxygens (including phenoxy) is 1. The monoisotopic (exact) mass is 472 g/mol. The number of nitrogens with zero attached hydrogens (tertiary/aromatic N) is 2. The number of carbonyl (C=O) groups is 1. The second-order valence-electron chi connectivity index (χ2n) is 7.71. The van der Waals surface area contributed by atoms with Gasteiger partial charge in [-0.2, -0.15) is 5.10 Å². The lowest BCUT2D eigenvalue weighted by molar-refractivity contribution is 0.197. The van der Waals surface area contributed by atoms with E-state index in [-0.39, 0.29) is 27.8 Å². The maximum atomic E-state index is 14.7. The first-order chi connectivity index (χ1) is 17.0. The smallest absolute Gasteiger partial charge is 0.407 e. The molecule has 35 heavy (non-hydrogen) atoms. The number of amides is 1. The quantitative estimate of drug-likeness (QED) is 0.382. The highest BCUT2D eigenvalue weighted by atomic mass is 19.1. The summed E-state index contributed by atoms with van der Waals surface area (Å²) in [6.45, 7) is 0. The Bertz CT molecular complexity index is 1580. The van der Waals surface area contributed by atoms with Crippen LogP contribution in [0.4, 0.5) is 13.6 Å². The van der Waals surface area contributed by atoms with Crippen LogP contribution in [0.3, 0.4) is 0 Å². The predicted molar refractivity (Wildman–Crippen MR) is 125 cm³/mol. The summed E-state index contributed by atoms with van der Waals surface area (Å²) in [4.78, 5) is 28.8. The lowest BCUT2D eigenvalue weighted by Crippen LogP contribution is -2.35. The summed E-state index contributed by atoms with van der Waals surface area (Å²) in [5, 5.41) is 6.94. The van der Waals surface area contributed by atoms with Crippen LogP contribution in [0.2, 0.25) is 0 Å². The van der Waals surface area contributed by atoms with Crippen molar-refractivity contribution in [3.8, 4) is 11.4 Å². The first-order valence-electron chi connectivity index (χ1n) is 10.6. The van der Waals surface area contributed by atoms with Crippen LogP contribution in [-0.4, -0.2) is 20.9 Å². The molecule has 1 atom stereocenters. The van der Waals surface area contributed by atoms with Crippen LogP contribution < -0.4 is 15.5 Å². The van der Waals surface area contributed by atoms with E-state index in [1.165, 1.54) is 53.6 Å². The average molecular weight is 472 g/mol. The molecule has 1 amide bonds. The number of pyridine rings is 1. The summed E-state index contributed by atoms with van der Waals surface area (Å²) in [5.74, 6) is -0.973. The van der Waals surface area contributed by atoms with Crippen LogP contribution in [-0.2, 0) is 0 Å². The molecule has 174 valence electrons. The Labute approximate surface area is 197 Å². The number of hydrogen-bond acceptors (Lipinski definition) is 4. The first-order valence-corrected chi connectivity index (χ1v) is 10.6. The largest absolute Gasteiger partial charge is 0.413 e. The van der Waals surface area contributed by atoms with Gasteiger partial charge in [0.2, 0.25) is 0 Å². The molecule has 0 aliphatic carbocycles. The average Bonchev–Trinajstić information content (AvgIpc) is 3.32. The molecule has 9 heteroatoms. The summed E-state index contributed by atoms with van der Waals surface area (Å²) in [6.07, 6.45) is 3.30. The number of hydrogen-bond donors (Lipinski definition) is 2. The number of aromatic nitrogens is 3. The van der Waals surface area contributed by atoms with E-state index in [4.69, 9.17) is 4.74 Å². The highest BCUT2D eigenvalue weighted by Crippen LogP contribution is 2.24. The molecule has 5 aromatic rings. The maximum Gasteiger partial charge on any atom is 0.413 e. The molecule has 2 heterocycles. The SMILES string of the molecule is O=C(NC(c1ccccc1F)c1c[nH]c2cc(F)ccc2c1=O)Oc1cnn(-c2ccccc2)c1. The van der Waals surface area contributed by atoms with Gasteiger partial charge in [-0.1, -0.05) is 36.4 Å². The minimum atomic E-state index is -1.17. The number of benzene rings is 3. The number of para-hydroxylation sites is 1. The van der Waals surface area contributed by atoms with Gasteiger partial charge in [0.15, 0.2) is 11.2 Å². The summed E-state index contributed by atoms with van der Waals surface area (Å²) >= 11 is 0. The van der Waals surface area contributed by atoms with Crippen molar-refractivity contribution in [3.63, 3.8) is 0 Å². The molecule has 3 aromatic carbocycles. The van der Waals surface area contributed by atoms with E-state index >= 15 is 0 Å². The number of carbonyl (C=O) groups excluding carboxylic acids is 1. The van der Waals surface area contributed by atoms with E-state index in [0.717, 1.165) is 11.8 Å². The minimum absolute atomic E-state index is 0.0612. The van der Waals surface area contributed by atoms with Gasteiger partial charge in [-0.05, 0) is 36.4 Å². The second kappa shape index (κ2) is 9.22. The first kappa shape index (κ1) is 22.0. The fourth-order valence-electron chi connectivity index (χ4n) is 3.79. The molecule has 5 rings (SSSR count). The van der Waals surface area contributed by atoms with Crippen molar-refractivity contribution in [1.29, 1.82) is 0 Å². The van der Waals surface area contributed by atoms with Crippen LogP contribution >= 0.6 is 0 Å². The van der Waals surface area contributed by atoms with Gasteiger partial charge in [-0.25, -0.2) is 18.3 Å². The standard InChI is InChI=1S/C26H18F2N4O3/c27-16-10-11-20-23(12-16)29-14-21(25(20)33)24(19-8-4-5-9-22(19)28)31-26(34)35-18-13-30-32(15-18)17-6-2-1-3-7-17/h1-15,24H,(H,29,33)(H,31,34). The Hall–Kier alpha value is -4.79. The molecule has 0 saturated heterocycles. The zero-order chi connectivity index (χ0) is 24.4. The predicted octanol–water partition coefficient (Wildman–Crippen LogP) is 4.87. The molecule has 7 nitrogen and oxygen atoms in total. The molecule has 2 N–H and O–H groups in total. The molecular formula is C26H18F2N4O3. The molecule has 1 unspecified atom stereocenters. The second-order valence-corrected chi connectivity index (χ2v) is 7.71. The van der Waals surface area contributed by atoms with E-state index in [1.54, 1.807) is 6.07 Å². The third kappa shape index (κ3) is 4.51. The fraction of sp³-hybridized carbons (Fsp3) is 0.0385. The van der Waals surface area contributed by atoms with Gasteiger partial charge < -0.3 is 15.0 Å². The minimum Gasteiger partial charge on any atom is -0.407 e. The fourth-order valence-corrected chi connectivity index (χ4v) is 3.79. The van der Waals surface area contributed by atoms with Crippen molar-refractivity contribution >= 4 is 17.0 Å². The van der Waals surface area contributed by atoms with Gasteiger partial charge in [0.05, 0.1) is 29.6 Å². The number of H-pyrrole nitrogens is 1. The molecule has 0 fully saturated rings. The summed E-state index contributed by atoms with van der Waals surface area (Å²) < 4.78 is 35.2. The van der Waals surface area contributed by atoms with E-state index in [9.17, 15) is 18.4 Å². The highest BCUT2D eigenvalue weighted by molar-refractivity contribution is 5.79. The number of aromatic amines is 1. The van der Waals surface area contributed by atoms with Gasteiger partial charge >= 0.3 is 6.09 Å². The summed E-state index contributed by atoms with van der Waals surface area (Å²) in [7, 11) is 0. The van der Waals surface area contributed by atoms with Crippen LogP contribution in [0.1, 0.15) is 17.2 Å². The van der Waals surface area contributed by atoms with Crippen LogP contribution in [0, 0.1) is 11.6 Å². The lowest BCUT2D eigenvalue weighted by Gasteiger charge is -2.19. The van der Waals surface area contributed by atoms with Gasteiger partial charge in [-0.3, -0.25) is 4.79 Å². The molecule has 0 bridgehead atoms. The van der Waals surface area contributed by atoms with E-state index in [1.807, 2.05) is 30.3 Å². The van der Waals surface area contributed by atoms with Crippen LogP contribution in [0.5, 0.6) is 5.75 Å². The normalized spacial score (nSPS) is 11.8. The Kier molecular flexibility index (Phi) is 5.80. The molecule has 0 saturated carbocycles. The zero-order valence-electron chi connectivity index (χ0n) is 18.1. The topological polar surface area (TPSA) is 89.0 Å². The molecule has 0 aliphatic rings. The molecule has 0 aliphatic heterocycles. The van der Waals surface area contributed by atoms with Crippen molar-refractivity contribution in [1.82, 2.24) is 20.1 Å². The molecule has 2 aromatic heterocycles. The Morgan fingerprint density at radius 1 is 1.00 bits per heavy atom.